The monoisotopic (exact) mass is 323 g/mol. The SMILES string of the molecule is CC[C@H](C)Oc1ccc(Cc2ccc(C3=NCCN3N)cc2)cc1. The van der Waals surface area contributed by atoms with Crippen LogP contribution >= 0.6 is 0 Å². The molecule has 0 spiro atoms. The lowest BCUT2D eigenvalue weighted by molar-refractivity contribution is 0.217. The highest BCUT2D eigenvalue weighted by Gasteiger charge is 2.14. The lowest BCUT2D eigenvalue weighted by Crippen LogP contribution is -2.34. The van der Waals surface area contributed by atoms with E-state index in [4.69, 9.17) is 10.6 Å². The van der Waals surface area contributed by atoms with Gasteiger partial charge in [-0.15, -0.1) is 0 Å². The standard InChI is InChI=1S/C20H25N3O/c1-3-15(2)24-19-10-6-17(7-11-19)14-16-4-8-18(9-5-16)20-22-12-13-23(20)21/h4-11,15H,3,12-14,21H2,1-2H3/t15-/m0/s1. The molecule has 0 amide bonds. The van der Waals surface area contributed by atoms with Crippen molar-refractivity contribution in [1.29, 1.82) is 0 Å². The fraction of sp³-hybridized carbons (Fsp3) is 0.350. The molecule has 24 heavy (non-hydrogen) atoms. The van der Waals surface area contributed by atoms with Crippen molar-refractivity contribution in [2.45, 2.75) is 32.8 Å². The Hall–Kier alpha value is -2.33. The molecule has 0 radical (unpaired) electrons. The molecule has 3 rings (SSSR count). The van der Waals surface area contributed by atoms with Gasteiger partial charge in [0.2, 0.25) is 0 Å². The zero-order chi connectivity index (χ0) is 16.9. The minimum Gasteiger partial charge on any atom is -0.491 e. The summed E-state index contributed by atoms with van der Waals surface area (Å²) in [5.41, 5.74) is 3.63. The smallest absolute Gasteiger partial charge is 0.145 e. The third kappa shape index (κ3) is 3.95. The second-order valence-corrected chi connectivity index (χ2v) is 6.25. The predicted octanol–water partition coefficient (Wildman–Crippen LogP) is 3.39. The van der Waals surface area contributed by atoms with Crippen LogP contribution in [0.3, 0.4) is 0 Å². The van der Waals surface area contributed by atoms with Crippen LogP contribution in [0.1, 0.15) is 37.0 Å². The average molecular weight is 323 g/mol. The van der Waals surface area contributed by atoms with Crippen LogP contribution in [0.4, 0.5) is 0 Å². The maximum Gasteiger partial charge on any atom is 0.145 e. The Kier molecular flexibility index (Phi) is 5.16. The Morgan fingerprint density at radius 2 is 1.71 bits per heavy atom. The summed E-state index contributed by atoms with van der Waals surface area (Å²) in [6.45, 7) is 5.79. The van der Waals surface area contributed by atoms with Crippen molar-refractivity contribution < 1.29 is 4.74 Å². The lowest BCUT2D eigenvalue weighted by atomic mass is 10.0. The van der Waals surface area contributed by atoms with Crippen LogP contribution in [-0.4, -0.2) is 30.0 Å². The zero-order valence-corrected chi connectivity index (χ0v) is 14.4. The molecule has 0 aromatic heterocycles. The quantitative estimate of drug-likeness (QED) is 0.829. The molecule has 0 bridgehead atoms. The van der Waals surface area contributed by atoms with Crippen LogP contribution in [0.2, 0.25) is 0 Å². The van der Waals surface area contributed by atoms with Gasteiger partial charge in [0.15, 0.2) is 0 Å². The molecule has 2 aromatic carbocycles. The van der Waals surface area contributed by atoms with Crippen molar-refractivity contribution in [3.05, 3.63) is 65.2 Å². The number of ether oxygens (including phenoxy) is 1. The molecule has 0 saturated heterocycles. The van der Waals surface area contributed by atoms with Gasteiger partial charge in [-0.25, -0.2) is 5.84 Å². The first-order chi connectivity index (χ1) is 11.7. The van der Waals surface area contributed by atoms with Gasteiger partial charge in [0.05, 0.1) is 19.2 Å². The van der Waals surface area contributed by atoms with E-state index < -0.39 is 0 Å². The molecule has 1 heterocycles. The predicted molar refractivity (Wildman–Crippen MR) is 98.4 cm³/mol. The van der Waals surface area contributed by atoms with E-state index in [9.17, 15) is 0 Å². The third-order valence-corrected chi connectivity index (χ3v) is 4.33. The summed E-state index contributed by atoms with van der Waals surface area (Å²) in [5, 5.41) is 1.71. The summed E-state index contributed by atoms with van der Waals surface area (Å²) < 4.78 is 5.82. The van der Waals surface area contributed by atoms with Crippen LogP contribution in [0.5, 0.6) is 5.75 Å². The Labute approximate surface area is 143 Å². The Balaban J connectivity index is 1.63. The molecular weight excluding hydrogens is 298 g/mol. The molecule has 0 unspecified atom stereocenters. The van der Waals surface area contributed by atoms with Gasteiger partial charge in [0, 0.05) is 5.56 Å². The van der Waals surface area contributed by atoms with Gasteiger partial charge in [-0.1, -0.05) is 43.3 Å². The number of hydrogen-bond donors (Lipinski definition) is 1. The van der Waals surface area contributed by atoms with Gasteiger partial charge in [-0.3, -0.25) is 10.0 Å². The number of benzene rings is 2. The molecule has 2 N–H and O–H groups in total. The van der Waals surface area contributed by atoms with Crippen molar-refractivity contribution in [2.75, 3.05) is 13.1 Å². The maximum atomic E-state index is 5.92. The number of amidine groups is 1. The normalized spacial score (nSPS) is 15.3. The molecule has 0 fully saturated rings. The topological polar surface area (TPSA) is 50.8 Å². The molecule has 126 valence electrons. The zero-order valence-electron chi connectivity index (χ0n) is 14.4. The summed E-state index contributed by atoms with van der Waals surface area (Å²) >= 11 is 0. The van der Waals surface area contributed by atoms with Crippen LogP contribution in [0, 0.1) is 0 Å². The molecule has 4 nitrogen and oxygen atoms in total. The minimum absolute atomic E-state index is 0.254. The Morgan fingerprint density at radius 1 is 1.08 bits per heavy atom. The van der Waals surface area contributed by atoms with Gasteiger partial charge in [0.25, 0.3) is 0 Å². The minimum atomic E-state index is 0.254. The van der Waals surface area contributed by atoms with Crippen molar-refractivity contribution in [3.8, 4) is 5.75 Å². The molecule has 1 aliphatic heterocycles. The van der Waals surface area contributed by atoms with Gasteiger partial charge < -0.3 is 4.74 Å². The first-order valence-electron chi connectivity index (χ1n) is 8.57. The second-order valence-electron chi connectivity index (χ2n) is 6.25. The van der Waals surface area contributed by atoms with Crippen molar-refractivity contribution >= 4 is 5.84 Å². The highest BCUT2D eigenvalue weighted by atomic mass is 16.5. The molecule has 0 aliphatic carbocycles. The molecular formula is C20H25N3O. The van der Waals surface area contributed by atoms with Crippen molar-refractivity contribution in [1.82, 2.24) is 5.01 Å². The van der Waals surface area contributed by atoms with Crippen LogP contribution in [-0.2, 0) is 6.42 Å². The van der Waals surface area contributed by atoms with E-state index in [1.54, 1.807) is 5.01 Å². The van der Waals surface area contributed by atoms with Crippen molar-refractivity contribution in [2.24, 2.45) is 10.8 Å². The van der Waals surface area contributed by atoms with E-state index in [2.05, 4.69) is 67.4 Å². The molecule has 1 atom stereocenters. The summed E-state index contributed by atoms with van der Waals surface area (Å²) in [6, 6.07) is 16.9. The van der Waals surface area contributed by atoms with Gasteiger partial charge in [0.1, 0.15) is 11.6 Å². The first kappa shape index (κ1) is 16.5. The fourth-order valence-electron chi connectivity index (χ4n) is 2.73. The van der Waals surface area contributed by atoms with Crippen molar-refractivity contribution in [3.63, 3.8) is 0 Å². The lowest BCUT2D eigenvalue weighted by Gasteiger charge is -2.14. The van der Waals surface area contributed by atoms with Crippen LogP contribution in [0.25, 0.3) is 0 Å². The van der Waals surface area contributed by atoms with Gasteiger partial charge in [-0.2, -0.15) is 0 Å². The van der Waals surface area contributed by atoms with E-state index in [0.29, 0.717) is 0 Å². The summed E-state index contributed by atoms with van der Waals surface area (Å²) in [5.74, 6) is 7.74. The highest BCUT2D eigenvalue weighted by Crippen LogP contribution is 2.18. The Bertz CT molecular complexity index is 692. The van der Waals surface area contributed by atoms with Gasteiger partial charge in [-0.05, 0) is 43.0 Å². The molecule has 0 saturated carbocycles. The van der Waals surface area contributed by atoms with E-state index >= 15 is 0 Å². The highest BCUT2D eigenvalue weighted by molar-refractivity contribution is 5.99. The fourth-order valence-corrected chi connectivity index (χ4v) is 2.73. The van der Waals surface area contributed by atoms with Gasteiger partial charge >= 0.3 is 0 Å². The van der Waals surface area contributed by atoms with Crippen LogP contribution < -0.4 is 10.6 Å². The van der Waals surface area contributed by atoms with E-state index in [-0.39, 0.29) is 6.10 Å². The maximum absolute atomic E-state index is 5.92. The summed E-state index contributed by atoms with van der Waals surface area (Å²) in [6.07, 6.45) is 2.17. The second kappa shape index (κ2) is 7.49. The van der Waals surface area contributed by atoms with E-state index in [1.807, 2.05) is 0 Å². The average Bonchev–Trinajstić information content (AvgIpc) is 3.03. The molecule has 2 aromatic rings. The van der Waals surface area contributed by atoms with E-state index in [1.165, 1.54) is 11.1 Å². The number of hydrazine groups is 1. The number of hydrogen-bond acceptors (Lipinski definition) is 4. The number of aliphatic imine (C=N–C) groups is 1. The van der Waals surface area contributed by atoms with Crippen LogP contribution in [0.15, 0.2) is 53.5 Å². The van der Waals surface area contributed by atoms with E-state index in [0.717, 1.165) is 43.1 Å². The number of nitrogens with zero attached hydrogens (tertiary/aromatic N) is 2. The largest absolute Gasteiger partial charge is 0.491 e. The number of rotatable bonds is 6. The number of nitrogens with two attached hydrogens (primary N) is 1. The Morgan fingerprint density at radius 3 is 2.25 bits per heavy atom. The summed E-state index contributed by atoms with van der Waals surface area (Å²) in [7, 11) is 0. The molecule has 4 heteroatoms. The summed E-state index contributed by atoms with van der Waals surface area (Å²) in [4.78, 5) is 4.44. The first-order valence-corrected chi connectivity index (χ1v) is 8.57. The molecule has 1 aliphatic rings. The third-order valence-electron chi connectivity index (χ3n) is 4.33.